The molecule has 0 fully saturated rings. The molecule has 0 saturated carbocycles. The van der Waals surface area contributed by atoms with Crippen molar-refractivity contribution in [2.24, 2.45) is 4.99 Å². The van der Waals surface area contributed by atoms with Crippen LogP contribution in [0.25, 0.3) is 0 Å². The minimum absolute atomic E-state index is 0.136. The average Bonchev–Trinajstić information content (AvgIpc) is 2.41. The van der Waals surface area contributed by atoms with Crippen LogP contribution >= 0.6 is 15.9 Å². The SMILES string of the molecule is Cc1cccc2c1CC(c1ccc(Br)cc1)=NC2=O. The van der Waals surface area contributed by atoms with Crippen molar-refractivity contribution in [3.8, 4) is 0 Å². The van der Waals surface area contributed by atoms with E-state index in [1.165, 1.54) is 0 Å². The van der Waals surface area contributed by atoms with E-state index in [-0.39, 0.29) is 5.91 Å². The van der Waals surface area contributed by atoms with E-state index < -0.39 is 0 Å². The van der Waals surface area contributed by atoms with E-state index >= 15 is 0 Å². The van der Waals surface area contributed by atoms with Crippen molar-refractivity contribution in [3.63, 3.8) is 0 Å². The first kappa shape index (κ1) is 12.3. The second-order valence-electron chi connectivity index (χ2n) is 4.65. The van der Waals surface area contributed by atoms with Gasteiger partial charge in [0.05, 0.1) is 5.71 Å². The van der Waals surface area contributed by atoms with Crippen LogP contribution in [0.1, 0.15) is 27.0 Å². The largest absolute Gasteiger partial charge is 0.277 e. The lowest BCUT2D eigenvalue weighted by atomic mass is 9.91. The maximum Gasteiger partial charge on any atom is 0.277 e. The van der Waals surface area contributed by atoms with E-state index in [0.717, 1.165) is 38.9 Å². The molecule has 1 aliphatic rings. The number of benzene rings is 2. The molecule has 0 aliphatic carbocycles. The number of fused-ring (bicyclic) bond motifs is 1. The van der Waals surface area contributed by atoms with Gasteiger partial charge in [0.2, 0.25) is 0 Å². The normalized spacial score (nSPS) is 14.0. The van der Waals surface area contributed by atoms with Gasteiger partial charge >= 0.3 is 0 Å². The molecule has 3 heteroatoms. The van der Waals surface area contributed by atoms with Crippen molar-refractivity contribution in [2.45, 2.75) is 13.3 Å². The van der Waals surface area contributed by atoms with Crippen LogP contribution in [0.15, 0.2) is 51.9 Å². The fraction of sp³-hybridized carbons (Fsp3) is 0.125. The molecule has 0 aromatic heterocycles. The Morgan fingerprint density at radius 3 is 2.58 bits per heavy atom. The Morgan fingerprint density at radius 2 is 1.84 bits per heavy atom. The topological polar surface area (TPSA) is 29.4 Å². The highest BCUT2D eigenvalue weighted by molar-refractivity contribution is 9.10. The quantitative estimate of drug-likeness (QED) is 0.784. The number of nitrogens with zero attached hydrogens (tertiary/aromatic N) is 1. The number of aliphatic imine (C=N–C) groups is 1. The van der Waals surface area contributed by atoms with E-state index in [0.29, 0.717) is 0 Å². The molecule has 1 amide bonds. The van der Waals surface area contributed by atoms with Gasteiger partial charge in [-0.1, -0.05) is 40.2 Å². The van der Waals surface area contributed by atoms with Crippen LogP contribution in [0.4, 0.5) is 0 Å². The Bertz CT molecular complexity index is 686. The molecule has 0 spiro atoms. The summed E-state index contributed by atoms with van der Waals surface area (Å²) in [6, 6.07) is 13.7. The van der Waals surface area contributed by atoms with Gasteiger partial charge in [-0.05, 0) is 41.8 Å². The van der Waals surface area contributed by atoms with Crippen molar-refractivity contribution in [1.29, 1.82) is 0 Å². The number of aryl methyl sites for hydroxylation is 1. The third-order valence-corrected chi connectivity index (χ3v) is 3.93. The lowest BCUT2D eigenvalue weighted by Gasteiger charge is -2.17. The Kier molecular flexibility index (Phi) is 3.07. The Balaban J connectivity index is 2.06. The van der Waals surface area contributed by atoms with Crippen LogP contribution in [0.3, 0.4) is 0 Å². The summed E-state index contributed by atoms with van der Waals surface area (Å²) in [6.07, 6.45) is 0.718. The summed E-state index contributed by atoms with van der Waals surface area (Å²) in [6.45, 7) is 2.04. The van der Waals surface area contributed by atoms with Crippen molar-refractivity contribution >= 4 is 27.5 Å². The van der Waals surface area contributed by atoms with Crippen LogP contribution in [-0.2, 0) is 6.42 Å². The van der Waals surface area contributed by atoms with E-state index in [1.54, 1.807) is 0 Å². The first-order chi connectivity index (χ1) is 9.15. The van der Waals surface area contributed by atoms with Crippen LogP contribution in [0, 0.1) is 6.92 Å². The lowest BCUT2D eigenvalue weighted by molar-refractivity contribution is 0.1000. The number of hydrogen-bond acceptors (Lipinski definition) is 1. The van der Waals surface area contributed by atoms with Gasteiger partial charge in [-0.2, -0.15) is 0 Å². The maximum atomic E-state index is 12.1. The second kappa shape index (κ2) is 4.74. The summed E-state index contributed by atoms with van der Waals surface area (Å²) >= 11 is 3.41. The Labute approximate surface area is 120 Å². The molecule has 0 N–H and O–H groups in total. The Hall–Kier alpha value is -1.74. The van der Waals surface area contributed by atoms with Gasteiger partial charge in [0.15, 0.2) is 0 Å². The zero-order valence-electron chi connectivity index (χ0n) is 10.5. The number of hydrogen-bond donors (Lipinski definition) is 0. The van der Waals surface area contributed by atoms with Gasteiger partial charge < -0.3 is 0 Å². The molecule has 0 bridgehead atoms. The molecule has 0 saturated heterocycles. The summed E-state index contributed by atoms with van der Waals surface area (Å²) < 4.78 is 1.02. The molecule has 2 aromatic carbocycles. The molecule has 3 rings (SSSR count). The number of carbonyl (C=O) groups is 1. The van der Waals surface area contributed by atoms with Gasteiger partial charge in [-0.3, -0.25) is 4.79 Å². The van der Waals surface area contributed by atoms with Crippen LogP contribution in [0.5, 0.6) is 0 Å². The first-order valence-corrected chi connectivity index (χ1v) is 6.91. The fourth-order valence-corrected chi connectivity index (χ4v) is 2.60. The van der Waals surface area contributed by atoms with Gasteiger partial charge in [0.1, 0.15) is 0 Å². The summed E-state index contributed by atoms with van der Waals surface area (Å²) in [5.74, 6) is -0.136. The zero-order chi connectivity index (χ0) is 13.4. The number of amides is 1. The highest BCUT2D eigenvalue weighted by Crippen LogP contribution is 2.23. The standard InChI is InChI=1S/C16H12BrNO/c1-10-3-2-4-13-14(10)9-15(18-16(13)19)11-5-7-12(17)8-6-11/h2-8H,9H2,1H3. The number of halogens is 1. The first-order valence-electron chi connectivity index (χ1n) is 6.11. The molecule has 0 unspecified atom stereocenters. The highest BCUT2D eigenvalue weighted by Gasteiger charge is 2.21. The van der Waals surface area contributed by atoms with Gasteiger partial charge in [-0.15, -0.1) is 0 Å². The predicted octanol–water partition coefficient (Wildman–Crippen LogP) is 3.94. The number of rotatable bonds is 1. The van der Waals surface area contributed by atoms with Crippen molar-refractivity contribution in [2.75, 3.05) is 0 Å². The summed E-state index contributed by atoms with van der Waals surface area (Å²) in [4.78, 5) is 16.3. The molecule has 19 heavy (non-hydrogen) atoms. The molecule has 0 radical (unpaired) electrons. The molecule has 94 valence electrons. The molecular formula is C16H12BrNO. The molecular weight excluding hydrogens is 302 g/mol. The maximum absolute atomic E-state index is 12.1. The average molecular weight is 314 g/mol. The van der Waals surface area contributed by atoms with Crippen LogP contribution in [-0.4, -0.2) is 11.6 Å². The zero-order valence-corrected chi connectivity index (χ0v) is 12.1. The molecule has 1 aliphatic heterocycles. The fourth-order valence-electron chi connectivity index (χ4n) is 2.34. The monoisotopic (exact) mass is 313 g/mol. The molecule has 2 nitrogen and oxygen atoms in total. The van der Waals surface area contributed by atoms with Gasteiger partial charge in [0.25, 0.3) is 5.91 Å². The number of carbonyl (C=O) groups excluding carboxylic acids is 1. The van der Waals surface area contributed by atoms with E-state index in [2.05, 4.69) is 20.9 Å². The van der Waals surface area contributed by atoms with E-state index in [9.17, 15) is 4.79 Å². The second-order valence-corrected chi connectivity index (χ2v) is 5.56. The molecule has 1 heterocycles. The summed E-state index contributed by atoms with van der Waals surface area (Å²) in [5, 5.41) is 0. The smallest absolute Gasteiger partial charge is 0.267 e. The summed E-state index contributed by atoms with van der Waals surface area (Å²) in [7, 11) is 0. The van der Waals surface area contributed by atoms with Crippen molar-refractivity contribution < 1.29 is 4.79 Å². The van der Waals surface area contributed by atoms with Gasteiger partial charge in [-0.25, -0.2) is 4.99 Å². The summed E-state index contributed by atoms with van der Waals surface area (Å²) in [5.41, 5.74) is 4.83. The predicted molar refractivity (Wildman–Crippen MR) is 79.9 cm³/mol. The highest BCUT2D eigenvalue weighted by atomic mass is 79.9. The van der Waals surface area contributed by atoms with Crippen molar-refractivity contribution in [3.05, 3.63) is 69.2 Å². The van der Waals surface area contributed by atoms with Crippen molar-refractivity contribution in [1.82, 2.24) is 0 Å². The third-order valence-electron chi connectivity index (χ3n) is 3.40. The Morgan fingerprint density at radius 1 is 1.11 bits per heavy atom. The minimum Gasteiger partial charge on any atom is -0.267 e. The lowest BCUT2D eigenvalue weighted by Crippen LogP contribution is -2.18. The van der Waals surface area contributed by atoms with E-state index in [1.807, 2.05) is 49.4 Å². The van der Waals surface area contributed by atoms with Gasteiger partial charge in [0, 0.05) is 16.5 Å². The molecule has 2 aromatic rings. The van der Waals surface area contributed by atoms with Crippen LogP contribution in [0.2, 0.25) is 0 Å². The van der Waals surface area contributed by atoms with Crippen LogP contribution < -0.4 is 0 Å². The van der Waals surface area contributed by atoms with E-state index in [4.69, 9.17) is 0 Å². The molecule has 0 atom stereocenters. The third kappa shape index (κ3) is 2.26. The minimum atomic E-state index is -0.136.